The number of carbonyl (C=O) groups excluding carboxylic acids is 1. The Kier molecular flexibility index (Phi) is 4.97. The molecule has 1 amide bonds. The van der Waals surface area contributed by atoms with Crippen molar-refractivity contribution < 1.29 is 14.1 Å². The summed E-state index contributed by atoms with van der Waals surface area (Å²) in [5, 5.41) is 15.8. The molecule has 23 heavy (non-hydrogen) atoms. The Labute approximate surface area is 136 Å². The van der Waals surface area contributed by atoms with Gasteiger partial charge in [0.15, 0.2) is 5.11 Å². The summed E-state index contributed by atoms with van der Waals surface area (Å²) in [5.41, 5.74) is 0.919. The number of rotatable bonds is 3. The Bertz CT molecular complexity index is 795. The van der Waals surface area contributed by atoms with Crippen molar-refractivity contribution in [1.82, 2.24) is 5.32 Å². The lowest BCUT2D eigenvalue weighted by Crippen LogP contribution is -2.34. The van der Waals surface area contributed by atoms with E-state index in [1.54, 1.807) is 6.92 Å². The van der Waals surface area contributed by atoms with E-state index in [-0.39, 0.29) is 16.4 Å². The Balaban J connectivity index is 2.07. The molecule has 0 saturated heterocycles. The van der Waals surface area contributed by atoms with Gasteiger partial charge in [-0.15, -0.1) is 0 Å². The van der Waals surface area contributed by atoms with E-state index < -0.39 is 16.6 Å². The normalized spacial score (nSPS) is 10.0. The molecule has 2 aromatic rings. The van der Waals surface area contributed by atoms with Crippen LogP contribution in [0, 0.1) is 22.9 Å². The summed E-state index contributed by atoms with van der Waals surface area (Å²) in [5.74, 6) is -1.33. The minimum atomic E-state index is -0.680. The number of nitro groups is 1. The number of anilines is 1. The quantitative estimate of drug-likeness (QED) is 0.512. The fraction of sp³-hybridized carbons (Fsp3) is 0.0667. The maximum absolute atomic E-state index is 13.5. The van der Waals surface area contributed by atoms with Gasteiger partial charge in [-0.05, 0) is 42.9 Å². The molecule has 2 aromatic carbocycles. The van der Waals surface area contributed by atoms with Gasteiger partial charge in [-0.3, -0.25) is 20.2 Å². The highest BCUT2D eigenvalue weighted by Crippen LogP contribution is 2.21. The molecule has 0 aromatic heterocycles. The molecule has 2 rings (SSSR count). The molecule has 0 radical (unpaired) electrons. The summed E-state index contributed by atoms with van der Waals surface area (Å²) >= 11 is 5.00. The van der Waals surface area contributed by atoms with Crippen LogP contribution in [-0.2, 0) is 0 Å². The Morgan fingerprint density at radius 2 is 1.96 bits per heavy atom. The van der Waals surface area contributed by atoms with Gasteiger partial charge in [0.1, 0.15) is 5.82 Å². The molecule has 0 saturated carbocycles. The minimum absolute atomic E-state index is 0.0322. The highest BCUT2D eigenvalue weighted by Gasteiger charge is 2.13. The first-order chi connectivity index (χ1) is 10.9. The maximum Gasteiger partial charge on any atom is 0.269 e. The van der Waals surface area contributed by atoms with Crippen molar-refractivity contribution in [3.63, 3.8) is 0 Å². The fourth-order valence-corrected chi connectivity index (χ4v) is 2.07. The van der Waals surface area contributed by atoms with Gasteiger partial charge in [0.05, 0.1) is 10.5 Å². The maximum atomic E-state index is 13.5. The van der Waals surface area contributed by atoms with E-state index in [2.05, 4.69) is 10.6 Å². The fourth-order valence-electron chi connectivity index (χ4n) is 1.87. The van der Waals surface area contributed by atoms with Gasteiger partial charge in [0.2, 0.25) is 0 Å². The summed E-state index contributed by atoms with van der Waals surface area (Å²) in [6.45, 7) is 1.66. The van der Waals surface area contributed by atoms with Gasteiger partial charge in [-0.1, -0.05) is 12.1 Å². The largest absolute Gasteiger partial charge is 0.332 e. The van der Waals surface area contributed by atoms with Crippen LogP contribution in [0.3, 0.4) is 0 Å². The van der Waals surface area contributed by atoms with E-state index in [4.69, 9.17) is 12.2 Å². The van der Waals surface area contributed by atoms with E-state index in [9.17, 15) is 19.3 Å². The van der Waals surface area contributed by atoms with Gasteiger partial charge in [0, 0.05) is 17.8 Å². The highest BCUT2D eigenvalue weighted by molar-refractivity contribution is 7.80. The van der Waals surface area contributed by atoms with Crippen molar-refractivity contribution in [2.24, 2.45) is 0 Å². The predicted octanol–water partition coefficient (Wildman–Crippen LogP) is 3.17. The minimum Gasteiger partial charge on any atom is -0.332 e. The molecular weight excluding hydrogens is 321 g/mol. The smallest absolute Gasteiger partial charge is 0.269 e. The second-order valence-electron chi connectivity index (χ2n) is 4.64. The molecule has 118 valence electrons. The van der Waals surface area contributed by atoms with Crippen molar-refractivity contribution in [1.29, 1.82) is 0 Å². The van der Waals surface area contributed by atoms with Crippen LogP contribution in [0.4, 0.5) is 15.8 Å². The van der Waals surface area contributed by atoms with Gasteiger partial charge in [-0.25, -0.2) is 4.39 Å². The lowest BCUT2D eigenvalue weighted by Gasteiger charge is -2.11. The molecule has 0 spiro atoms. The zero-order valence-corrected chi connectivity index (χ0v) is 12.8. The van der Waals surface area contributed by atoms with Gasteiger partial charge in [0.25, 0.3) is 11.6 Å². The van der Waals surface area contributed by atoms with Gasteiger partial charge < -0.3 is 5.32 Å². The summed E-state index contributed by atoms with van der Waals surface area (Å²) in [6.07, 6.45) is 0. The second-order valence-corrected chi connectivity index (χ2v) is 5.05. The Hall–Kier alpha value is -2.87. The summed E-state index contributed by atoms with van der Waals surface area (Å²) in [4.78, 5) is 22.1. The zero-order chi connectivity index (χ0) is 17.0. The lowest BCUT2D eigenvalue weighted by atomic mass is 10.2. The number of carbonyl (C=O) groups is 1. The number of thiocarbonyl (C=S) groups is 1. The number of nitro benzene ring substituents is 1. The third-order valence-electron chi connectivity index (χ3n) is 3.01. The average molecular weight is 333 g/mol. The molecule has 0 aliphatic rings. The van der Waals surface area contributed by atoms with Crippen molar-refractivity contribution in [2.45, 2.75) is 6.92 Å². The van der Waals surface area contributed by atoms with E-state index in [0.717, 1.165) is 0 Å². The molecule has 0 fully saturated rings. The van der Waals surface area contributed by atoms with Crippen LogP contribution >= 0.6 is 12.2 Å². The van der Waals surface area contributed by atoms with Crippen molar-refractivity contribution in [2.75, 3.05) is 5.32 Å². The van der Waals surface area contributed by atoms with Crippen molar-refractivity contribution in [3.05, 3.63) is 69.5 Å². The Morgan fingerprint density at radius 3 is 2.57 bits per heavy atom. The number of nitrogens with one attached hydrogen (secondary N) is 2. The predicted molar refractivity (Wildman–Crippen MR) is 87.9 cm³/mol. The first-order valence-corrected chi connectivity index (χ1v) is 6.91. The molecule has 0 bridgehead atoms. The SMILES string of the molecule is Cc1cc([N+](=O)[O-])ccc1NC(=S)NC(=O)c1ccccc1F. The van der Waals surface area contributed by atoms with E-state index in [0.29, 0.717) is 11.3 Å². The van der Waals surface area contributed by atoms with Gasteiger partial charge >= 0.3 is 0 Å². The number of hydrogen-bond donors (Lipinski definition) is 2. The third kappa shape index (κ3) is 4.07. The molecule has 8 heteroatoms. The lowest BCUT2D eigenvalue weighted by molar-refractivity contribution is -0.384. The molecule has 0 aliphatic carbocycles. The molecular formula is C15H12FN3O3S. The summed E-state index contributed by atoms with van der Waals surface area (Å²) in [6, 6.07) is 9.70. The summed E-state index contributed by atoms with van der Waals surface area (Å²) in [7, 11) is 0. The number of non-ortho nitro benzene ring substituents is 1. The number of aryl methyl sites for hydroxylation is 1. The van der Waals surface area contributed by atoms with Crippen LogP contribution in [0.5, 0.6) is 0 Å². The number of nitrogens with zero attached hydrogens (tertiary/aromatic N) is 1. The molecule has 2 N–H and O–H groups in total. The van der Waals surface area contributed by atoms with E-state index in [1.165, 1.54) is 42.5 Å². The monoisotopic (exact) mass is 333 g/mol. The third-order valence-corrected chi connectivity index (χ3v) is 3.22. The number of benzene rings is 2. The zero-order valence-electron chi connectivity index (χ0n) is 12.0. The van der Waals surface area contributed by atoms with Crippen LogP contribution in [0.1, 0.15) is 15.9 Å². The standard InChI is InChI=1S/C15H12FN3O3S/c1-9-8-10(19(21)22)6-7-13(9)17-15(23)18-14(20)11-4-2-3-5-12(11)16/h2-8H,1H3,(H2,17,18,20,23). The van der Waals surface area contributed by atoms with Crippen molar-refractivity contribution in [3.8, 4) is 0 Å². The van der Waals surface area contributed by atoms with Crippen LogP contribution in [0.2, 0.25) is 0 Å². The number of halogens is 1. The van der Waals surface area contributed by atoms with E-state index >= 15 is 0 Å². The van der Waals surface area contributed by atoms with E-state index in [1.807, 2.05) is 0 Å². The van der Waals surface area contributed by atoms with Crippen LogP contribution < -0.4 is 10.6 Å². The number of amides is 1. The van der Waals surface area contributed by atoms with Crippen LogP contribution in [0.15, 0.2) is 42.5 Å². The topological polar surface area (TPSA) is 84.3 Å². The molecule has 0 heterocycles. The molecule has 0 aliphatic heterocycles. The Morgan fingerprint density at radius 1 is 1.26 bits per heavy atom. The average Bonchev–Trinajstić information content (AvgIpc) is 2.49. The molecule has 0 atom stereocenters. The van der Waals surface area contributed by atoms with Crippen molar-refractivity contribution >= 4 is 34.6 Å². The second kappa shape index (κ2) is 6.93. The molecule has 6 nitrogen and oxygen atoms in total. The van der Waals surface area contributed by atoms with Gasteiger partial charge in [-0.2, -0.15) is 0 Å². The number of hydrogen-bond acceptors (Lipinski definition) is 4. The highest BCUT2D eigenvalue weighted by atomic mass is 32.1. The van der Waals surface area contributed by atoms with Crippen LogP contribution in [-0.4, -0.2) is 15.9 Å². The summed E-state index contributed by atoms with van der Waals surface area (Å²) < 4.78 is 13.5. The molecule has 0 unspecified atom stereocenters. The van der Waals surface area contributed by atoms with Crippen LogP contribution in [0.25, 0.3) is 0 Å². The first-order valence-electron chi connectivity index (χ1n) is 6.50. The first kappa shape index (κ1) is 16.5.